The number of fused-ring (bicyclic) bond motifs is 1. The molecule has 0 unspecified atom stereocenters. The molecule has 0 bridgehead atoms. The Hall–Kier alpha value is -0.750. The number of aromatic nitrogens is 3. The zero-order valence-electron chi connectivity index (χ0n) is 8.45. The van der Waals surface area contributed by atoms with Crippen molar-refractivity contribution in [2.45, 2.75) is 26.8 Å². The summed E-state index contributed by atoms with van der Waals surface area (Å²) in [4.78, 5) is 16.1. The van der Waals surface area contributed by atoms with E-state index in [2.05, 4.69) is 26.0 Å². The molecule has 0 N–H and O–H groups in total. The third-order valence-electron chi connectivity index (χ3n) is 2.18. The van der Waals surface area contributed by atoms with Gasteiger partial charge in [-0.15, -0.1) is 11.3 Å². The minimum absolute atomic E-state index is 0.105. The Morgan fingerprint density at radius 3 is 2.80 bits per heavy atom. The number of halogens is 1. The predicted molar refractivity (Wildman–Crippen MR) is 64.4 cm³/mol. The van der Waals surface area contributed by atoms with E-state index in [1.54, 1.807) is 0 Å². The van der Waals surface area contributed by atoms with Gasteiger partial charge in [-0.2, -0.15) is 5.10 Å². The first-order valence-electron chi connectivity index (χ1n) is 4.73. The standard InChI is InChI=1S/C9H10BrN3OS/c1-3-5-7-6(11-9(10)15-7)8(14)13(4-2)12-5/h3-4H2,1-2H3. The molecule has 2 aromatic heterocycles. The van der Waals surface area contributed by atoms with Crippen LogP contribution in [0.15, 0.2) is 8.71 Å². The molecule has 2 aromatic rings. The Morgan fingerprint density at radius 1 is 1.47 bits per heavy atom. The van der Waals surface area contributed by atoms with E-state index in [1.807, 2.05) is 13.8 Å². The predicted octanol–water partition coefficient (Wildman–Crippen LogP) is 2.20. The van der Waals surface area contributed by atoms with E-state index in [4.69, 9.17) is 0 Å². The first-order valence-corrected chi connectivity index (χ1v) is 6.34. The summed E-state index contributed by atoms with van der Waals surface area (Å²) >= 11 is 4.77. The monoisotopic (exact) mass is 287 g/mol. The van der Waals surface area contributed by atoms with E-state index in [0.717, 1.165) is 20.7 Å². The van der Waals surface area contributed by atoms with E-state index in [-0.39, 0.29) is 5.56 Å². The van der Waals surface area contributed by atoms with Gasteiger partial charge >= 0.3 is 0 Å². The molecule has 15 heavy (non-hydrogen) atoms. The third kappa shape index (κ3) is 1.72. The molecule has 6 heteroatoms. The SMILES string of the molecule is CCc1nn(CC)c(=O)c2nc(Br)sc12. The lowest BCUT2D eigenvalue weighted by atomic mass is 10.3. The smallest absolute Gasteiger partial charge is 0.265 e. The molecular formula is C9H10BrN3OS. The molecule has 0 atom stereocenters. The Balaban J connectivity index is 2.89. The van der Waals surface area contributed by atoms with Crippen molar-refractivity contribution >= 4 is 37.5 Å². The van der Waals surface area contributed by atoms with Gasteiger partial charge in [-0.05, 0) is 29.3 Å². The van der Waals surface area contributed by atoms with Crippen LogP contribution in [-0.4, -0.2) is 14.8 Å². The molecule has 0 aliphatic carbocycles. The van der Waals surface area contributed by atoms with Crippen LogP contribution in [0.2, 0.25) is 0 Å². The van der Waals surface area contributed by atoms with Crippen molar-refractivity contribution in [2.24, 2.45) is 0 Å². The maximum absolute atomic E-state index is 11.9. The zero-order valence-corrected chi connectivity index (χ0v) is 10.9. The summed E-state index contributed by atoms with van der Waals surface area (Å²) in [5, 5.41) is 4.30. The highest BCUT2D eigenvalue weighted by atomic mass is 79.9. The van der Waals surface area contributed by atoms with E-state index < -0.39 is 0 Å². The maximum Gasteiger partial charge on any atom is 0.294 e. The minimum Gasteiger partial charge on any atom is -0.265 e. The van der Waals surface area contributed by atoms with Crippen LogP contribution in [0.25, 0.3) is 10.2 Å². The molecule has 0 fully saturated rings. The van der Waals surface area contributed by atoms with E-state index >= 15 is 0 Å². The van der Waals surface area contributed by atoms with Gasteiger partial charge in [0.2, 0.25) is 0 Å². The second-order valence-corrected chi connectivity index (χ2v) is 5.34. The Labute approximate surface area is 99.1 Å². The van der Waals surface area contributed by atoms with Crippen LogP contribution in [-0.2, 0) is 13.0 Å². The van der Waals surface area contributed by atoms with Gasteiger partial charge in [0.25, 0.3) is 5.56 Å². The maximum atomic E-state index is 11.9. The van der Waals surface area contributed by atoms with Crippen molar-refractivity contribution in [1.29, 1.82) is 0 Å². The van der Waals surface area contributed by atoms with Crippen LogP contribution < -0.4 is 5.56 Å². The lowest BCUT2D eigenvalue weighted by Gasteiger charge is -2.03. The summed E-state index contributed by atoms with van der Waals surface area (Å²) in [7, 11) is 0. The molecule has 0 spiro atoms. The van der Waals surface area contributed by atoms with Crippen molar-refractivity contribution in [3.63, 3.8) is 0 Å². The van der Waals surface area contributed by atoms with Crippen LogP contribution in [0.4, 0.5) is 0 Å². The topological polar surface area (TPSA) is 47.8 Å². The first kappa shape index (κ1) is 10.8. The summed E-state index contributed by atoms with van der Waals surface area (Å²) in [6, 6.07) is 0. The summed E-state index contributed by atoms with van der Waals surface area (Å²) in [5.41, 5.74) is 1.36. The average molecular weight is 288 g/mol. The fourth-order valence-electron chi connectivity index (χ4n) is 1.44. The Kier molecular flexibility index (Phi) is 2.88. The van der Waals surface area contributed by atoms with Crippen molar-refractivity contribution in [2.75, 3.05) is 0 Å². The molecule has 0 saturated carbocycles. The van der Waals surface area contributed by atoms with E-state index in [0.29, 0.717) is 12.1 Å². The molecule has 2 rings (SSSR count). The van der Waals surface area contributed by atoms with Gasteiger partial charge in [0, 0.05) is 6.54 Å². The molecule has 0 amide bonds. The summed E-state index contributed by atoms with van der Waals surface area (Å²) in [6.45, 7) is 4.51. The first-order chi connectivity index (χ1) is 7.17. The molecule has 4 nitrogen and oxygen atoms in total. The highest BCUT2D eigenvalue weighted by molar-refractivity contribution is 9.11. The molecule has 0 radical (unpaired) electrons. The second kappa shape index (κ2) is 4.02. The Morgan fingerprint density at radius 2 is 2.20 bits per heavy atom. The van der Waals surface area contributed by atoms with Gasteiger partial charge < -0.3 is 0 Å². The second-order valence-electron chi connectivity index (χ2n) is 3.07. The summed E-state index contributed by atoms with van der Waals surface area (Å²) < 4.78 is 3.10. The lowest BCUT2D eigenvalue weighted by molar-refractivity contribution is 0.608. The third-order valence-corrected chi connectivity index (χ3v) is 3.73. The summed E-state index contributed by atoms with van der Waals surface area (Å²) in [5.74, 6) is 0. The van der Waals surface area contributed by atoms with Crippen LogP contribution in [0.1, 0.15) is 19.5 Å². The van der Waals surface area contributed by atoms with Gasteiger partial charge in [0.05, 0.1) is 10.4 Å². The van der Waals surface area contributed by atoms with Gasteiger partial charge in [0.1, 0.15) is 0 Å². The number of hydrogen-bond acceptors (Lipinski definition) is 4. The van der Waals surface area contributed by atoms with E-state index in [9.17, 15) is 4.79 Å². The van der Waals surface area contributed by atoms with Gasteiger partial charge in [-0.3, -0.25) is 4.79 Å². The van der Waals surface area contributed by atoms with Crippen molar-refractivity contribution in [1.82, 2.24) is 14.8 Å². The van der Waals surface area contributed by atoms with Gasteiger partial charge in [-0.1, -0.05) is 6.92 Å². The summed E-state index contributed by atoms with van der Waals surface area (Å²) in [6.07, 6.45) is 0.811. The van der Waals surface area contributed by atoms with Gasteiger partial charge in [-0.25, -0.2) is 9.67 Å². The molecular weight excluding hydrogens is 278 g/mol. The molecule has 80 valence electrons. The lowest BCUT2D eigenvalue weighted by Crippen LogP contribution is -2.23. The molecule has 0 saturated heterocycles. The fraction of sp³-hybridized carbons (Fsp3) is 0.444. The molecule has 0 aliphatic rings. The number of rotatable bonds is 2. The molecule has 0 aliphatic heterocycles. The van der Waals surface area contributed by atoms with Crippen molar-refractivity contribution < 1.29 is 0 Å². The van der Waals surface area contributed by atoms with Crippen LogP contribution in [0.5, 0.6) is 0 Å². The number of hydrogen-bond donors (Lipinski definition) is 0. The fourth-order valence-corrected chi connectivity index (χ4v) is 2.94. The largest absolute Gasteiger partial charge is 0.294 e. The molecule has 2 heterocycles. The number of thiazole rings is 1. The van der Waals surface area contributed by atoms with Gasteiger partial charge in [0.15, 0.2) is 9.43 Å². The van der Waals surface area contributed by atoms with Crippen molar-refractivity contribution in [3.05, 3.63) is 20.0 Å². The van der Waals surface area contributed by atoms with Crippen LogP contribution in [0, 0.1) is 0 Å². The molecule has 0 aromatic carbocycles. The van der Waals surface area contributed by atoms with Crippen LogP contribution >= 0.6 is 27.3 Å². The number of nitrogens with zero attached hydrogens (tertiary/aromatic N) is 3. The quantitative estimate of drug-likeness (QED) is 0.851. The zero-order chi connectivity index (χ0) is 11.0. The highest BCUT2D eigenvalue weighted by Gasteiger charge is 2.13. The average Bonchev–Trinajstić information content (AvgIpc) is 2.61. The minimum atomic E-state index is -0.105. The highest BCUT2D eigenvalue weighted by Crippen LogP contribution is 2.26. The normalized spacial score (nSPS) is 11.1. The van der Waals surface area contributed by atoms with Crippen LogP contribution in [0.3, 0.4) is 0 Å². The number of aryl methyl sites for hydroxylation is 2. The van der Waals surface area contributed by atoms with Crippen molar-refractivity contribution in [3.8, 4) is 0 Å². The Bertz CT molecular complexity index is 560. The van der Waals surface area contributed by atoms with E-state index in [1.165, 1.54) is 16.0 Å².